The van der Waals surface area contributed by atoms with Gasteiger partial charge in [0.15, 0.2) is 6.04 Å². The number of hydrogen-bond donors (Lipinski definition) is 2. The van der Waals surface area contributed by atoms with Crippen molar-refractivity contribution in [2.24, 2.45) is 11.7 Å². The van der Waals surface area contributed by atoms with E-state index in [1.54, 1.807) is 6.92 Å². The summed E-state index contributed by atoms with van der Waals surface area (Å²) >= 11 is 0. The third kappa shape index (κ3) is 1.92. The molecule has 0 radical (unpaired) electrons. The first kappa shape index (κ1) is 11.4. The number of nitrogens with zero attached hydrogens (tertiary/aromatic N) is 1. The molecule has 0 aromatic heterocycles. The van der Waals surface area contributed by atoms with Crippen molar-refractivity contribution in [1.82, 2.24) is 5.23 Å². The summed E-state index contributed by atoms with van der Waals surface area (Å²) in [5, 5.41) is 10.1. The predicted molar refractivity (Wildman–Crippen MR) is 57.0 cm³/mol. The molecule has 1 aliphatic heterocycles. The zero-order valence-electron chi connectivity index (χ0n) is 9.48. The van der Waals surface area contributed by atoms with Gasteiger partial charge >= 0.3 is 0 Å². The molecule has 0 aromatic carbocycles. The summed E-state index contributed by atoms with van der Waals surface area (Å²) in [6.07, 6.45) is 5.73. The van der Waals surface area contributed by atoms with E-state index in [4.69, 9.17) is 10.6 Å². The second-order valence-corrected chi connectivity index (χ2v) is 4.58. The molecule has 3 N–H and O–H groups in total. The Hall–Kier alpha value is -1.07. The lowest BCUT2D eigenvalue weighted by Gasteiger charge is -2.22. The van der Waals surface area contributed by atoms with Gasteiger partial charge in [0, 0.05) is 5.92 Å². The summed E-state index contributed by atoms with van der Waals surface area (Å²) in [6.45, 7) is 1.80. The largest absolute Gasteiger partial charge is 0.384 e. The van der Waals surface area contributed by atoms with Crippen LogP contribution in [0.2, 0.25) is 0 Å². The molecule has 0 saturated heterocycles. The summed E-state index contributed by atoms with van der Waals surface area (Å²) in [5.74, 6) is 0.490. The van der Waals surface area contributed by atoms with Crippen LogP contribution in [-0.2, 0) is 9.63 Å². The molecule has 1 fully saturated rings. The zero-order valence-corrected chi connectivity index (χ0v) is 9.48. The van der Waals surface area contributed by atoms with Gasteiger partial charge in [-0.05, 0) is 30.6 Å². The Morgan fingerprint density at radius 1 is 1.44 bits per heavy atom. The monoisotopic (exact) mass is 226 g/mol. The van der Waals surface area contributed by atoms with Gasteiger partial charge in [-0.15, -0.1) is 0 Å². The minimum Gasteiger partial charge on any atom is -0.384 e. The Balaban J connectivity index is 2.17. The molecule has 0 bridgehead atoms. The molecule has 1 aliphatic carbocycles. The summed E-state index contributed by atoms with van der Waals surface area (Å²) in [4.78, 5) is 16.4. The van der Waals surface area contributed by atoms with E-state index >= 15 is 0 Å². The average molecular weight is 226 g/mol. The van der Waals surface area contributed by atoms with Crippen molar-refractivity contribution in [2.45, 2.75) is 45.1 Å². The number of allylic oxidation sites excluding steroid dienone is 1. The number of carbonyl (C=O) groups is 1. The Bertz CT molecular complexity index is 321. The topological polar surface area (TPSA) is 75.8 Å². The van der Waals surface area contributed by atoms with Gasteiger partial charge in [0.2, 0.25) is 5.91 Å². The van der Waals surface area contributed by atoms with Crippen molar-refractivity contribution >= 4 is 5.91 Å². The highest BCUT2D eigenvalue weighted by Gasteiger charge is 2.39. The SMILES string of the molecule is CC1=C(C2CCCCC2)ON(O)C1C(N)=O. The van der Waals surface area contributed by atoms with Gasteiger partial charge in [0.05, 0.1) is 0 Å². The Morgan fingerprint density at radius 3 is 2.56 bits per heavy atom. The van der Waals surface area contributed by atoms with Crippen LogP contribution < -0.4 is 5.73 Å². The first-order valence-corrected chi connectivity index (χ1v) is 5.77. The van der Waals surface area contributed by atoms with E-state index < -0.39 is 11.9 Å². The fourth-order valence-electron chi connectivity index (χ4n) is 2.61. The molecule has 5 heteroatoms. The third-order valence-electron chi connectivity index (χ3n) is 3.46. The van der Waals surface area contributed by atoms with Crippen LogP contribution in [-0.4, -0.2) is 22.4 Å². The van der Waals surface area contributed by atoms with E-state index in [9.17, 15) is 10.0 Å². The molecule has 5 nitrogen and oxygen atoms in total. The minimum atomic E-state index is -0.822. The number of nitrogens with two attached hydrogens (primary N) is 1. The van der Waals surface area contributed by atoms with Crippen molar-refractivity contribution in [3.8, 4) is 0 Å². The number of rotatable bonds is 2. The standard InChI is InChI=1S/C11H18N2O3/c1-7-9(11(12)14)13(15)16-10(7)8-5-3-2-4-6-8/h8-9,15H,2-6H2,1H3,(H2,12,14). The van der Waals surface area contributed by atoms with Crippen LogP contribution in [0.5, 0.6) is 0 Å². The van der Waals surface area contributed by atoms with Crippen LogP contribution in [0.1, 0.15) is 39.0 Å². The highest BCUT2D eigenvalue weighted by atomic mass is 16.9. The van der Waals surface area contributed by atoms with Crippen molar-refractivity contribution in [3.63, 3.8) is 0 Å². The first-order valence-electron chi connectivity index (χ1n) is 5.77. The fourth-order valence-corrected chi connectivity index (χ4v) is 2.61. The Labute approximate surface area is 94.8 Å². The van der Waals surface area contributed by atoms with Gasteiger partial charge in [-0.25, -0.2) is 0 Å². The molecule has 1 amide bonds. The smallest absolute Gasteiger partial charge is 0.245 e. The summed E-state index contributed by atoms with van der Waals surface area (Å²) in [7, 11) is 0. The second kappa shape index (κ2) is 4.43. The molecule has 2 aliphatic rings. The summed E-state index contributed by atoms with van der Waals surface area (Å²) in [5.41, 5.74) is 5.97. The lowest BCUT2D eigenvalue weighted by atomic mass is 9.86. The van der Waals surface area contributed by atoms with Crippen LogP contribution in [0, 0.1) is 5.92 Å². The van der Waals surface area contributed by atoms with Crippen LogP contribution >= 0.6 is 0 Å². The van der Waals surface area contributed by atoms with E-state index in [0.717, 1.165) is 24.2 Å². The van der Waals surface area contributed by atoms with Gasteiger partial charge in [-0.3, -0.25) is 10.0 Å². The van der Waals surface area contributed by atoms with Crippen molar-refractivity contribution < 1.29 is 14.8 Å². The minimum absolute atomic E-state index is 0.327. The molecule has 0 spiro atoms. The summed E-state index contributed by atoms with van der Waals surface area (Å²) < 4.78 is 0. The normalized spacial score (nSPS) is 28.2. The average Bonchev–Trinajstić information content (AvgIpc) is 2.55. The molecule has 90 valence electrons. The lowest BCUT2D eigenvalue weighted by Crippen LogP contribution is -2.39. The van der Waals surface area contributed by atoms with E-state index in [1.807, 2.05) is 0 Å². The lowest BCUT2D eigenvalue weighted by molar-refractivity contribution is -0.317. The van der Waals surface area contributed by atoms with Gasteiger partial charge in [0.1, 0.15) is 5.76 Å². The predicted octanol–water partition coefficient (Wildman–Crippen LogP) is 1.33. The molecule has 1 unspecified atom stereocenters. The van der Waals surface area contributed by atoms with Crippen LogP contribution in [0.15, 0.2) is 11.3 Å². The number of hydrogen-bond acceptors (Lipinski definition) is 4. The first-order chi connectivity index (χ1) is 7.61. The number of amides is 1. The van der Waals surface area contributed by atoms with E-state index in [2.05, 4.69) is 0 Å². The molecule has 0 aromatic rings. The maximum absolute atomic E-state index is 11.2. The second-order valence-electron chi connectivity index (χ2n) is 4.58. The highest BCUT2D eigenvalue weighted by molar-refractivity contribution is 5.83. The molecular weight excluding hydrogens is 208 g/mol. The fraction of sp³-hybridized carbons (Fsp3) is 0.727. The zero-order chi connectivity index (χ0) is 11.7. The number of hydroxylamine groups is 2. The van der Waals surface area contributed by atoms with E-state index in [-0.39, 0.29) is 0 Å². The molecule has 1 heterocycles. The van der Waals surface area contributed by atoms with Crippen molar-refractivity contribution in [2.75, 3.05) is 0 Å². The van der Waals surface area contributed by atoms with Gasteiger partial charge in [-0.2, -0.15) is 0 Å². The molecule has 16 heavy (non-hydrogen) atoms. The number of carbonyl (C=O) groups excluding carboxylic acids is 1. The highest BCUT2D eigenvalue weighted by Crippen LogP contribution is 2.37. The van der Waals surface area contributed by atoms with Crippen LogP contribution in [0.25, 0.3) is 0 Å². The molecule has 1 atom stereocenters. The third-order valence-corrected chi connectivity index (χ3v) is 3.46. The maximum Gasteiger partial charge on any atom is 0.245 e. The van der Waals surface area contributed by atoms with E-state index in [1.165, 1.54) is 19.3 Å². The van der Waals surface area contributed by atoms with Gasteiger partial charge in [0.25, 0.3) is 0 Å². The quantitative estimate of drug-likeness (QED) is 0.744. The Kier molecular flexibility index (Phi) is 3.16. The van der Waals surface area contributed by atoms with Gasteiger partial charge in [-0.1, -0.05) is 19.3 Å². The van der Waals surface area contributed by atoms with Crippen molar-refractivity contribution in [1.29, 1.82) is 0 Å². The van der Waals surface area contributed by atoms with Crippen molar-refractivity contribution in [3.05, 3.63) is 11.3 Å². The van der Waals surface area contributed by atoms with Gasteiger partial charge < -0.3 is 10.6 Å². The number of primary amides is 1. The van der Waals surface area contributed by atoms with E-state index in [0.29, 0.717) is 11.1 Å². The van der Waals surface area contributed by atoms with Crippen LogP contribution in [0.4, 0.5) is 0 Å². The van der Waals surface area contributed by atoms with Crippen LogP contribution in [0.3, 0.4) is 0 Å². The molecule has 2 rings (SSSR count). The molecule has 1 saturated carbocycles. The maximum atomic E-state index is 11.2. The molecular formula is C11H18N2O3. The Morgan fingerprint density at radius 2 is 2.06 bits per heavy atom. The summed E-state index contributed by atoms with van der Waals surface area (Å²) in [6, 6.07) is -0.822.